The maximum Gasteiger partial charge on any atom is -0.0253 e. The first kappa shape index (κ1) is 7.59. The lowest BCUT2D eigenvalue weighted by atomic mass is 9.85. The molecule has 1 unspecified atom stereocenters. The second kappa shape index (κ2) is 3.05. The van der Waals surface area contributed by atoms with Crippen molar-refractivity contribution in [3.63, 3.8) is 0 Å². The molecule has 1 aliphatic rings. The summed E-state index contributed by atoms with van der Waals surface area (Å²) in [6.07, 6.45) is 6.03. The Morgan fingerprint density at radius 2 is 2.30 bits per heavy atom. The summed E-state index contributed by atoms with van der Waals surface area (Å²) in [5.41, 5.74) is 2.82. The zero-order valence-corrected chi connectivity index (χ0v) is 6.98. The van der Waals surface area contributed by atoms with Crippen LogP contribution in [0.3, 0.4) is 0 Å². The van der Waals surface area contributed by atoms with Crippen LogP contribution < -0.4 is 0 Å². The smallest absolute Gasteiger partial charge is 0.0253 e. The van der Waals surface area contributed by atoms with Gasteiger partial charge in [-0.3, -0.25) is 0 Å². The number of hydrogen-bond donors (Lipinski definition) is 0. The van der Waals surface area contributed by atoms with E-state index in [0.717, 1.165) is 5.92 Å². The van der Waals surface area contributed by atoms with E-state index in [1.807, 2.05) is 0 Å². The van der Waals surface area contributed by atoms with Crippen molar-refractivity contribution in [2.75, 3.05) is 0 Å². The van der Waals surface area contributed by atoms with Gasteiger partial charge in [0.1, 0.15) is 0 Å². The SMILES string of the molecule is C=C1C=C(C)CC(CC)C1. The predicted molar refractivity (Wildman–Crippen MR) is 45.9 cm³/mol. The molecule has 0 aromatic carbocycles. The fourth-order valence-corrected chi connectivity index (χ4v) is 1.65. The number of allylic oxidation sites excluding steroid dienone is 3. The van der Waals surface area contributed by atoms with E-state index in [1.54, 1.807) is 0 Å². The number of hydrogen-bond acceptors (Lipinski definition) is 0. The normalized spacial score (nSPS) is 26.4. The average Bonchev–Trinajstić information content (AvgIpc) is 1.85. The summed E-state index contributed by atoms with van der Waals surface area (Å²) >= 11 is 0. The van der Waals surface area contributed by atoms with E-state index in [9.17, 15) is 0 Å². The van der Waals surface area contributed by atoms with Crippen molar-refractivity contribution < 1.29 is 0 Å². The third-order valence-corrected chi connectivity index (χ3v) is 2.19. The first-order valence-electron chi connectivity index (χ1n) is 4.07. The van der Waals surface area contributed by atoms with Crippen LogP contribution in [-0.2, 0) is 0 Å². The molecule has 0 heteroatoms. The van der Waals surface area contributed by atoms with Gasteiger partial charge < -0.3 is 0 Å². The molecule has 0 amide bonds. The topological polar surface area (TPSA) is 0 Å². The van der Waals surface area contributed by atoms with Crippen molar-refractivity contribution in [2.45, 2.75) is 33.1 Å². The molecule has 0 aliphatic heterocycles. The zero-order valence-electron chi connectivity index (χ0n) is 6.98. The van der Waals surface area contributed by atoms with Crippen molar-refractivity contribution in [3.8, 4) is 0 Å². The molecule has 1 rings (SSSR count). The minimum absolute atomic E-state index is 0.873. The lowest BCUT2D eigenvalue weighted by Gasteiger charge is -2.20. The molecule has 0 nitrogen and oxygen atoms in total. The maximum absolute atomic E-state index is 3.99. The Labute approximate surface area is 63.6 Å². The van der Waals surface area contributed by atoms with Crippen molar-refractivity contribution in [1.29, 1.82) is 0 Å². The largest absolute Gasteiger partial charge is 0.0958 e. The third-order valence-electron chi connectivity index (χ3n) is 2.19. The van der Waals surface area contributed by atoms with Gasteiger partial charge in [-0.1, -0.05) is 37.1 Å². The van der Waals surface area contributed by atoms with E-state index in [2.05, 4.69) is 26.5 Å². The third kappa shape index (κ3) is 1.73. The highest BCUT2D eigenvalue weighted by atomic mass is 14.2. The fourth-order valence-electron chi connectivity index (χ4n) is 1.65. The Bertz CT molecular complexity index is 163. The van der Waals surface area contributed by atoms with Gasteiger partial charge in [-0.05, 0) is 25.7 Å². The zero-order chi connectivity index (χ0) is 7.56. The van der Waals surface area contributed by atoms with Gasteiger partial charge in [0.15, 0.2) is 0 Å². The Morgan fingerprint density at radius 3 is 2.80 bits per heavy atom. The number of rotatable bonds is 1. The molecule has 0 heterocycles. The Morgan fingerprint density at radius 1 is 1.60 bits per heavy atom. The van der Waals surface area contributed by atoms with Crippen LogP contribution >= 0.6 is 0 Å². The summed E-state index contributed by atoms with van der Waals surface area (Å²) in [6, 6.07) is 0. The summed E-state index contributed by atoms with van der Waals surface area (Å²) < 4.78 is 0. The van der Waals surface area contributed by atoms with Crippen LogP contribution in [0.2, 0.25) is 0 Å². The maximum atomic E-state index is 3.99. The lowest BCUT2D eigenvalue weighted by Crippen LogP contribution is -2.05. The molecule has 56 valence electrons. The van der Waals surface area contributed by atoms with E-state index in [4.69, 9.17) is 0 Å². The molecule has 0 bridgehead atoms. The fraction of sp³-hybridized carbons (Fsp3) is 0.600. The van der Waals surface area contributed by atoms with Crippen LogP contribution in [0.4, 0.5) is 0 Å². The van der Waals surface area contributed by atoms with Crippen LogP contribution in [0, 0.1) is 5.92 Å². The molecule has 0 fully saturated rings. The molecule has 0 aromatic rings. The minimum atomic E-state index is 0.873. The van der Waals surface area contributed by atoms with Crippen molar-refractivity contribution in [3.05, 3.63) is 23.8 Å². The van der Waals surface area contributed by atoms with Gasteiger partial charge >= 0.3 is 0 Å². The standard InChI is InChI=1S/C10H16/c1-4-10-6-8(2)5-9(3)7-10/h5,10H,2,4,6-7H2,1,3H3. The van der Waals surface area contributed by atoms with Crippen molar-refractivity contribution in [1.82, 2.24) is 0 Å². The van der Waals surface area contributed by atoms with Gasteiger partial charge in [-0.2, -0.15) is 0 Å². The summed E-state index contributed by atoms with van der Waals surface area (Å²) in [6.45, 7) is 8.45. The minimum Gasteiger partial charge on any atom is -0.0958 e. The summed E-state index contributed by atoms with van der Waals surface area (Å²) in [4.78, 5) is 0. The first-order chi connectivity index (χ1) is 4.72. The lowest BCUT2D eigenvalue weighted by molar-refractivity contribution is 0.492. The van der Waals surface area contributed by atoms with Gasteiger partial charge in [-0.25, -0.2) is 0 Å². The molecule has 0 saturated heterocycles. The van der Waals surface area contributed by atoms with E-state index >= 15 is 0 Å². The summed E-state index contributed by atoms with van der Waals surface area (Å²) in [7, 11) is 0. The Kier molecular flexibility index (Phi) is 2.31. The molecular weight excluding hydrogens is 120 g/mol. The van der Waals surface area contributed by atoms with E-state index in [0.29, 0.717) is 0 Å². The van der Waals surface area contributed by atoms with Gasteiger partial charge in [0, 0.05) is 0 Å². The molecule has 10 heavy (non-hydrogen) atoms. The monoisotopic (exact) mass is 136 g/mol. The summed E-state index contributed by atoms with van der Waals surface area (Å²) in [5.74, 6) is 0.873. The van der Waals surface area contributed by atoms with Crippen molar-refractivity contribution >= 4 is 0 Å². The van der Waals surface area contributed by atoms with E-state index < -0.39 is 0 Å². The van der Waals surface area contributed by atoms with Gasteiger partial charge in [0.2, 0.25) is 0 Å². The van der Waals surface area contributed by atoms with E-state index in [1.165, 1.54) is 30.4 Å². The quantitative estimate of drug-likeness (QED) is 0.518. The molecule has 0 aromatic heterocycles. The molecule has 0 radical (unpaired) electrons. The first-order valence-corrected chi connectivity index (χ1v) is 4.07. The Hall–Kier alpha value is -0.520. The summed E-state index contributed by atoms with van der Waals surface area (Å²) in [5, 5.41) is 0. The molecule has 0 spiro atoms. The highest BCUT2D eigenvalue weighted by Gasteiger charge is 2.12. The van der Waals surface area contributed by atoms with Gasteiger partial charge in [0.05, 0.1) is 0 Å². The molecular formula is C10H16. The highest BCUT2D eigenvalue weighted by Crippen LogP contribution is 2.28. The van der Waals surface area contributed by atoms with Crippen LogP contribution in [0.15, 0.2) is 23.8 Å². The second-order valence-electron chi connectivity index (χ2n) is 3.33. The van der Waals surface area contributed by atoms with Crippen LogP contribution in [-0.4, -0.2) is 0 Å². The molecule has 0 saturated carbocycles. The highest BCUT2D eigenvalue weighted by molar-refractivity contribution is 5.24. The van der Waals surface area contributed by atoms with Gasteiger partial charge in [0.25, 0.3) is 0 Å². The molecule has 1 atom stereocenters. The van der Waals surface area contributed by atoms with Crippen LogP contribution in [0.5, 0.6) is 0 Å². The van der Waals surface area contributed by atoms with Gasteiger partial charge in [-0.15, -0.1) is 0 Å². The second-order valence-corrected chi connectivity index (χ2v) is 3.33. The average molecular weight is 136 g/mol. The predicted octanol–water partition coefficient (Wildman–Crippen LogP) is 3.31. The molecule has 0 N–H and O–H groups in total. The van der Waals surface area contributed by atoms with E-state index in [-0.39, 0.29) is 0 Å². The Balaban J connectivity index is 2.60. The molecule has 1 aliphatic carbocycles. The van der Waals surface area contributed by atoms with Crippen LogP contribution in [0.25, 0.3) is 0 Å². The van der Waals surface area contributed by atoms with Crippen LogP contribution in [0.1, 0.15) is 33.1 Å². The van der Waals surface area contributed by atoms with Crippen molar-refractivity contribution in [2.24, 2.45) is 5.92 Å².